The molecular formula is C19H16FN5OS. The van der Waals surface area contributed by atoms with Crippen LogP contribution in [-0.2, 0) is 4.79 Å². The average molecular weight is 381 g/mol. The molecule has 8 heteroatoms. The summed E-state index contributed by atoms with van der Waals surface area (Å²) in [6.07, 6.45) is 0. The fraction of sp³-hybridized carbons (Fsp3) is 0.158. The molecule has 0 saturated carbocycles. The number of carbonyl (C=O) groups excluding carboxylic acids is 1. The number of anilines is 1. The summed E-state index contributed by atoms with van der Waals surface area (Å²) in [5.41, 5.74) is 4.82. The number of aromatic amines is 1. The fourth-order valence-electron chi connectivity index (χ4n) is 2.74. The number of nitrogens with zero attached hydrogens (tertiary/aromatic N) is 3. The minimum Gasteiger partial charge on any atom is -0.338 e. The summed E-state index contributed by atoms with van der Waals surface area (Å²) in [5, 5.41) is 12.0. The fourth-order valence-corrected chi connectivity index (χ4v) is 3.32. The highest BCUT2D eigenvalue weighted by molar-refractivity contribution is 7.99. The van der Waals surface area contributed by atoms with Crippen LogP contribution < -0.4 is 5.32 Å². The number of amides is 1. The summed E-state index contributed by atoms with van der Waals surface area (Å²) in [7, 11) is 0. The van der Waals surface area contributed by atoms with Gasteiger partial charge in [-0.1, -0.05) is 17.8 Å². The van der Waals surface area contributed by atoms with Crippen molar-refractivity contribution >= 4 is 45.4 Å². The van der Waals surface area contributed by atoms with Crippen LogP contribution in [0.2, 0.25) is 0 Å². The average Bonchev–Trinajstić information content (AvgIpc) is 3.00. The van der Waals surface area contributed by atoms with Crippen LogP contribution in [-0.4, -0.2) is 31.8 Å². The molecule has 0 radical (unpaired) electrons. The first-order valence-electron chi connectivity index (χ1n) is 8.31. The van der Waals surface area contributed by atoms with E-state index in [1.165, 1.54) is 29.5 Å². The highest BCUT2D eigenvalue weighted by Crippen LogP contribution is 2.24. The van der Waals surface area contributed by atoms with Gasteiger partial charge in [-0.25, -0.2) is 9.37 Å². The number of aryl methyl sites for hydroxylation is 2. The van der Waals surface area contributed by atoms with Gasteiger partial charge < -0.3 is 10.3 Å². The highest BCUT2D eigenvalue weighted by atomic mass is 32.2. The molecule has 0 aliphatic rings. The van der Waals surface area contributed by atoms with E-state index in [0.29, 0.717) is 21.7 Å². The Morgan fingerprint density at radius 2 is 2.00 bits per heavy atom. The topological polar surface area (TPSA) is 83.6 Å². The second kappa shape index (κ2) is 6.96. The third-order valence-corrected chi connectivity index (χ3v) is 5.12. The second-order valence-electron chi connectivity index (χ2n) is 6.24. The number of halogens is 1. The first-order valence-corrected chi connectivity index (χ1v) is 9.30. The number of hydrogen-bond donors (Lipinski definition) is 2. The van der Waals surface area contributed by atoms with Gasteiger partial charge in [0.15, 0.2) is 5.65 Å². The number of fused-ring (bicyclic) bond motifs is 3. The first kappa shape index (κ1) is 17.4. The normalized spacial score (nSPS) is 11.2. The van der Waals surface area contributed by atoms with Gasteiger partial charge in [0.25, 0.3) is 0 Å². The summed E-state index contributed by atoms with van der Waals surface area (Å²) >= 11 is 1.19. The Labute approximate surface area is 158 Å². The van der Waals surface area contributed by atoms with Crippen LogP contribution in [0.5, 0.6) is 0 Å². The maximum absolute atomic E-state index is 13.4. The van der Waals surface area contributed by atoms with Gasteiger partial charge in [0.05, 0.1) is 5.75 Å². The van der Waals surface area contributed by atoms with Crippen LogP contribution >= 0.6 is 11.8 Å². The maximum Gasteiger partial charge on any atom is 0.234 e. The van der Waals surface area contributed by atoms with Crippen molar-refractivity contribution in [2.24, 2.45) is 0 Å². The van der Waals surface area contributed by atoms with Crippen LogP contribution in [0.3, 0.4) is 0 Å². The van der Waals surface area contributed by atoms with Gasteiger partial charge in [-0.3, -0.25) is 4.79 Å². The lowest BCUT2D eigenvalue weighted by atomic mass is 10.1. The smallest absolute Gasteiger partial charge is 0.234 e. The molecule has 136 valence electrons. The van der Waals surface area contributed by atoms with E-state index in [2.05, 4.69) is 25.5 Å². The maximum atomic E-state index is 13.4. The molecule has 6 nitrogen and oxygen atoms in total. The zero-order chi connectivity index (χ0) is 19.0. The number of H-pyrrole nitrogens is 1. The zero-order valence-corrected chi connectivity index (χ0v) is 15.5. The van der Waals surface area contributed by atoms with Crippen LogP contribution in [0.1, 0.15) is 11.1 Å². The van der Waals surface area contributed by atoms with E-state index in [-0.39, 0.29) is 17.5 Å². The molecule has 0 atom stereocenters. The van der Waals surface area contributed by atoms with Crippen LogP contribution in [0.25, 0.3) is 22.1 Å². The second-order valence-corrected chi connectivity index (χ2v) is 7.18. The Morgan fingerprint density at radius 3 is 2.81 bits per heavy atom. The molecule has 2 N–H and O–H groups in total. The van der Waals surface area contributed by atoms with E-state index < -0.39 is 0 Å². The first-order chi connectivity index (χ1) is 13.0. The van der Waals surface area contributed by atoms with Crippen molar-refractivity contribution in [1.29, 1.82) is 0 Å². The molecule has 0 bridgehead atoms. The van der Waals surface area contributed by atoms with Gasteiger partial charge in [0, 0.05) is 16.6 Å². The largest absolute Gasteiger partial charge is 0.338 e. The molecular weight excluding hydrogens is 365 g/mol. The van der Waals surface area contributed by atoms with E-state index in [1.807, 2.05) is 32.0 Å². The van der Waals surface area contributed by atoms with Crippen molar-refractivity contribution < 1.29 is 9.18 Å². The Bertz CT molecular complexity index is 1170. The lowest BCUT2D eigenvalue weighted by Gasteiger charge is -2.07. The van der Waals surface area contributed by atoms with Gasteiger partial charge >= 0.3 is 0 Å². The number of hydrogen-bond acceptors (Lipinski definition) is 5. The van der Waals surface area contributed by atoms with Crippen molar-refractivity contribution in [2.45, 2.75) is 19.0 Å². The van der Waals surface area contributed by atoms with Crippen molar-refractivity contribution in [2.75, 3.05) is 11.1 Å². The Balaban J connectivity index is 1.47. The van der Waals surface area contributed by atoms with Crippen molar-refractivity contribution in [3.63, 3.8) is 0 Å². The van der Waals surface area contributed by atoms with Crippen LogP contribution in [0, 0.1) is 19.7 Å². The number of aromatic nitrogens is 4. The number of rotatable bonds is 4. The number of thioether (sulfide) groups is 1. The van der Waals surface area contributed by atoms with Crippen LogP contribution in [0.4, 0.5) is 10.1 Å². The molecule has 0 aliphatic carbocycles. The SMILES string of the molecule is Cc1ccc(NC(=O)CSc2nnc3c(n2)[nH]c2ccc(F)cc23)cc1C. The van der Waals surface area contributed by atoms with Crippen molar-refractivity contribution in [1.82, 2.24) is 20.2 Å². The number of carbonyl (C=O) groups is 1. The van der Waals surface area contributed by atoms with Crippen LogP contribution in [0.15, 0.2) is 41.6 Å². The van der Waals surface area contributed by atoms with Gasteiger partial charge in [0.2, 0.25) is 11.1 Å². The third-order valence-electron chi connectivity index (χ3n) is 4.28. The number of benzene rings is 2. The summed E-state index contributed by atoms with van der Waals surface area (Å²) < 4.78 is 13.4. The Morgan fingerprint density at radius 1 is 1.15 bits per heavy atom. The monoisotopic (exact) mass is 381 g/mol. The summed E-state index contributed by atoms with van der Waals surface area (Å²) in [6, 6.07) is 10.2. The molecule has 0 unspecified atom stereocenters. The van der Waals surface area contributed by atoms with E-state index >= 15 is 0 Å². The van der Waals surface area contributed by atoms with E-state index in [9.17, 15) is 9.18 Å². The predicted molar refractivity (Wildman–Crippen MR) is 104 cm³/mol. The third kappa shape index (κ3) is 3.61. The van der Waals surface area contributed by atoms with Gasteiger partial charge in [-0.2, -0.15) is 0 Å². The molecule has 2 aromatic heterocycles. The molecule has 0 aliphatic heterocycles. The summed E-state index contributed by atoms with van der Waals surface area (Å²) in [4.78, 5) is 19.6. The Hall–Kier alpha value is -3.00. The standard InChI is InChI=1S/C19H16FN5OS/c1-10-3-5-13(7-11(10)2)21-16(26)9-27-19-23-18-17(24-25-19)14-8-12(20)4-6-15(14)22-18/h3-8H,9H2,1-2H3,(H,21,26)(H,22,23,25). The quantitative estimate of drug-likeness (QED) is 0.522. The van der Waals surface area contributed by atoms with Gasteiger partial charge in [-0.15, -0.1) is 10.2 Å². The van der Waals surface area contributed by atoms with Crippen molar-refractivity contribution in [3.05, 3.63) is 53.3 Å². The summed E-state index contributed by atoms with van der Waals surface area (Å²) in [5.74, 6) is -0.327. The van der Waals surface area contributed by atoms with E-state index in [4.69, 9.17) is 0 Å². The minimum atomic E-state index is -0.341. The zero-order valence-electron chi connectivity index (χ0n) is 14.7. The predicted octanol–water partition coefficient (Wildman–Crippen LogP) is 3.99. The molecule has 2 aromatic carbocycles. The minimum absolute atomic E-state index is 0.148. The molecule has 0 saturated heterocycles. The lowest BCUT2D eigenvalue weighted by Crippen LogP contribution is -2.14. The number of nitrogens with one attached hydrogen (secondary N) is 2. The van der Waals surface area contributed by atoms with E-state index in [1.54, 1.807) is 6.07 Å². The summed E-state index contributed by atoms with van der Waals surface area (Å²) in [6.45, 7) is 4.02. The van der Waals surface area contributed by atoms with Crippen molar-refractivity contribution in [3.8, 4) is 0 Å². The molecule has 2 heterocycles. The van der Waals surface area contributed by atoms with E-state index in [0.717, 1.165) is 16.8 Å². The lowest BCUT2D eigenvalue weighted by molar-refractivity contribution is -0.113. The highest BCUT2D eigenvalue weighted by Gasteiger charge is 2.12. The molecule has 0 spiro atoms. The van der Waals surface area contributed by atoms with Gasteiger partial charge in [-0.05, 0) is 55.3 Å². The molecule has 27 heavy (non-hydrogen) atoms. The van der Waals surface area contributed by atoms with Gasteiger partial charge in [0.1, 0.15) is 11.3 Å². The molecule has 0 fully saturated rings. The molecule has 1 amide bonds. The molecule has 4 aromatic rings. The molecule has 4 rings (SSSR count). The Kier molecular flexibility index (Phi) is 4.49.